The monoisotopic (exact) mass is 545 g/mol. The van der Waals surface area contributed by atoms with Crippen LogP contribution < -0.4 is 5.32 Å². The van der Waals surface area contributed by atoms with Crippen molar-refractivity contribution >= 4 is 12.1 Å². The third-order valence-electron chi connectivity index (χ3n) is 8.00. The van der Waals surface area contributed by atoms with E-state index in [0.717, 1.165) is 42.0 Å². The number of imide groups is 1. The van der Waals surface area contributed by atoms with Gasteiger partial charge < -0.3 is 15.2 Å². The third kappa shape index (κ3) is 6.38. The van der Waals surface area contributed by atoms with Crippen LogP contribution in [0.1, 0.15) is 68.5 Å². The first kappa shape index (κ1) is 27.5. The van der Waals surface area contributed by atoms with Gasteiger partial charge in [0, 0.05) is 25.2 Å². The summed E-state index contributed by atoms with van der Waals surface area (Å²) in [7, 11) is 0. The van der Waals surface area contributed by atoms with Gasteiger partial charge in [0.25, 0.3) is 0 Å². The molecule has 0 bridgehead atoms. The Kier molecular flexibility index (Phi) is 8.13. The van der Waals surface area contributed by atoms with E-state index in [1.165, 1.54) is 37.5 Å². The second-order valence-corrected chi connectivity index (χ2v) is 10.9. The maximum absolute atomic E-state index is 13.7. The molecule has 1 unspecified atom stereocenters. The van der Waals surface area contributed by atoms with E-state index in [0.29, 0.717) is 25.8 Å². The van der Waals surface area contributed by atoms with Crippen LogP contribution in [0.4, 0.5) is 22.8 Å². The molecule has 0 aromatic heterocycles. The van der Waals surface area contributed by atoms with Gasteiger partial charge in [0.1, 0.15) is 18.5 Å². The number of aliphatic hydroxyl groups is 1. The van der Waals surface area contributed by atoms with Crippen LogP contribution in [0.2, 0.25) is 0 Å². The van der Waals surface area contributed by atoms with Crippen molar-refractivity contribution < 1.29 is 32.6 Å². The third-order valence-corrected chi connectivity index (χ3v) is 8.00. The molecule has 4 fully saturated rings. The van der Waals surface area contributed by atoms with Gasteiger partial charge in [-0.1, -0.05) is 37.5 Å². The number of nitrogens with one attached hydrogen (secondary N) is 1. The van der Waals surface area contributed by atoms with Crippen LogP contribution in [0.3, 0.4) is 0 Å². The molecule has 2 saturated carbocycles. The topological polar surface area (TPSA) is 82.1 Å². The first-order chi connectivity index (χ1) is 18.7. The van der Waals surface area contributed by atoms with E-state index in [1.54, 1.807) is 12.1 Å². The fourth-order valence-corrected chi connectivity index (χ4v) is 5.59. The molecular weight excluding hydrogens is 511 g/mol. The zero-order valence-electron chi connectivity index (χ0n) is 21.8. The molecule has 10 heteroatoms. The van der Waals surface area contributed by atoms with Gasteiger partial charge in [0.15, 0.2) is 11.6 Å². The van der Waals surface area contributed by atoms with E-state index in [-0.39, 0.29) is 30.1 Å². The number of carbonyl (C=O) groups excluding carboxylic acids is 2. The Labute approximate surface area is 225 Å². The SMILES string of the molecule is C1CC1.O=C(NC1CCN(C2CCC(O)(c3ccc(F)cc3)CC2)C1)N1C(=O)OC[C@@H]1c1ccc(F)c(F)c1. The summed E-state index contributed by atoms with van der Waals surface area (Å²) in [5.41, 5.74) is 0.0310. The lowest BCUT2D eigenvalue weighted by atomic mass is 9.77. The van der Waals surface area contributed by atoms with Gasteiger partial charge in [0.2, 0.25) is 0 Å². The number of halogens is 3. The normalized spacial score (nSPS) is 28.5. The van der Waals surface area contributed by atoms with Gasteiger partial charge in [-0.15, -0.1) is 0 Å². The highest BCUT2D eigenvalue weighted by Gasteiger charge is 2.42. The number of hydrogen-bond acceptors (Lipinski definition) is 5. The fourth-order valence-electron chi connectivity index (χ4n) is 5.59. The van der Waals surface area contributed by atoms with Crippen molar-refractivity contribution in [2.75, 3.05) is 19.7 Å². The molecule has 2 saturated heterocycles. The molecule has 0 radical (unpaired) electrons. The number of nitrogens with zero attached hydrogens (tertiary/aromatic N) is 2. The van der Waals surface area contributed by atoms with Crippen LogP contribution in [0.15, 0.2) is 42.5 Å². The van der Waals surface area contributed by atoms with Gasteiger partial charge >= 0.3 is 12.1 Å². The fraction of sp³-hybridized carbons (Fsp3) is 0.517. The molecule has 2 atom stereocenters. The Morgan fingerprint density at radius 3 is 2.31 bits per heavy atom. The summed E-state index contributed by atoms with van der Waals surface area (Å²) >= 11 is 0. The molecule has 6 rings (SSSR count). The predicted molar refractivity (Wildman–Crippen MR) is 137 cm³/mol. The molecule has 2 N–H and O–H groups in total. The molecule has 0 spiro atoms. The first-order valence-electron chi connectivity index (χ1n) is 13.7. The van der Waals surface area contributed by atoms with Crippen molar-refractivity contribution in [1.82, 2.24) is 15.1 Å². The summed E-state index contributed by atoms with van der Waals surface area (Å²) < 4.78 is 45.3. The van der Waals surface area contributed by atoms with E-state index >= 15 is 0 Å². The number of benzene rings is 2. The van der Waals surface area contributed by atoms with E-state index in [4.69, 9.17) is 4.74 Å². The molecule has 2 heterocycles. The van der Waals surface area contributed by atoms with Crippen LogP contribution in [0.5, 0.6) is 0 Å². The minimum absolute atomic E-state index is 0.132. The Bertz CT molecular complexity index is 1180. The largest absolute Gasteiger partial charge is 0.446 e. The molecule has 3 amide bonds. The summed E-state index contributed by atoms with van der Waals surface area (Å²) in [5, 5.41) is 14.0. The standard InChI is InChI=1S/C26H28F3N3O4.C3H6/c27-18-4-2-17(3-5-18)26(35)10-7-20(8-11-26)31-12-9-19(14-31)30-24(33)32-23(15-36-25(32)34)16-1-6-21(28)22(29)13-16;1-2-3-1/h1-6,13,19-20,23,35H,7-12,14-15H2,(H,30,33);1-3H2/t19?,20?,23-,26?;/m1./s1. The summed E-state index contributed by atoms with van der Waals surface area (Å²) in [4.78, 5) is 28.4. The predicted octanol–water partition coefficient (Wildman–Crippen LogP) is 5.38. The number of cyclic esters (lactones) is 1. The first-order valence-corrected chi connectivity index (χ1v) is 13.7. The van der Waals surface area contributed by atoms with Gasteiger partial charge in [-0.25, -0.2) is 27.7 Å². The smallest absolute Gasteiger partial charge is 0.418 e. The Morgan fingerprint density at radius 2 is 1.67 bits per heavy atom. The van der Waals surface area contributed by atoms with Crippen molar-refractivity contribution in [1.29, 1.82) is 0 Å². The summed E-state index contributed by atoms with van der Waals surface area (Å²) in [5.74, 6) is -2.40. The molecule has 2 aliphatic heterocycles. The second-order valence-electron chi connectivity index (χ2n) is 10.9. The summed E-state index contributed by atoms with van der Waals surface area (Å²) in [6, 6.07) is 7.84. The van der Waals surface area contributed by atoms with E-state index in [9.17, 15) is 27.9 Å². The highest BCUT2D eigenvalue weighted by Crippen LogP contribution is 2.39. The molecule has 7 nitrogen and oxygen atoms in total. The van der Waals surface area contributed by atoms with E-state index < -0.39 is 35.4 Å². The summed E-state index contributed by atoms with van der Waals surface area (Å²) in [6.45, 7) is 1.24. The summed E-state index contributed by atoms with van der Waals surface area (Å²) in [6.07, 6.45) is 7.03. The number of ether oxygens (including phenoxy) is 1. The number of carbonyl (C=O) groups is 2. The van der Waals surface area contributed by atoms with Gasteiger partial charge in [-0.3, -0.25) is 4.90 Å². The zero-order chi connectivity index (χ0) is 27.6. The molecule has 2 aromatic carbocycles. The quantitative estimate of drug-likeness (QED) is 0.539. The lowest BCUT2D eigenvalue weighted by Crippen LogP contribution is -2.48. The van der Waals surface area contributed by atoms with Gasteiger partial charge in [-0.05, 0) is 67.5 Å². The number of urea groups is 1. The number of amides is 3. The molecule has 2 aliphatic carbocycles. The number of hydrogen-bond donors (Lipinski definition) is 2. The molecule has 2 aromatic rings. The maximum Gasteiger partial charge on any atom is 0.418 e. The maximum atomic E-state index is 13.7. The van der Waals surface area contributed by atoms with E-state index in [2.05, 4.69) is 10.2 Å². The van der Waals surface area contributed by atoms with Crippen LogP contribution in [-0.2, 0) is 10.3 Å². The van der Waals surface area contributed by atoms with Crippen LogP contribution in [0.25, 0.3) is 0 Å². The molecule has 210 valence electrons. The second kappa shape index (κ2) is 11.6. The Hall–Kier alpha value is -3.11. The minimum Gasteiger partial charge on any atom is -0.446 e. The average molecular weight is 546 g/mol. The lowest BCUT2D eigenvalue weighted by Gasteiger charge is -2.40. The number of rotatable bonds is 4. The van der Waals surface area contributed by atoms with Gasteiger partial charge in [-0.2, -0.15) is 0 Å². The highest BCUT2D eigenvalue weighted by molar-refractivity contribution is 5.92. The van der Waals surface area contributed by atoms with Crippen LogP contribution >= 0.6 is 0 Å². The van der Waals surface area contributed by atoms with Crippen molar-refractivity contribution in [3.8, 4) is 0 Å². The van der Waals surface area contributed by atoms with E-state index in [1.807, 2.05) is 0 Å². The van der Waals surface area contributed by atoms with Crippen molar-refractivity contribution in [3.63, 3.8) is 0 Å². The van der Waals surface area contributed by atoms with Crippen LogP contribution in [0, 0.1) is 17.5 Å². The molecule has 4 aliphatic rings. The zero-order valence-corrected chi connectivity index (χ0v) is 21.8. The molecular formula is C29H34F3N3O4. The minimum atomic E-state index is -1.06. The molecule has 39 heavy (non-hydrogen) atoms. The van der Waals surface area contributed by atoms with Crippen molar-refractivity contribution in [3.05, 3.63) is 71.0 Å². The van der Waals surface area contributed by atoms with Crippen molar-refractivity contribution in [2.45, 2.75) is 75.1 Å². The van der Waals surface area contributed by atoms with Gasteiger partial charge in [0.05, 0.1) is 5.60 Å². The Morgan fingerprint density at radius 1 is 0.974 bits per heavy atom. The van der Waals surface area contributed by atoms with Crippen molar-refractivity contribution in [2.24, 2.45) is 0 Å². The number of likely N-dealkylation sites (tertiary alicyclic amines) is 1. The average Bonchev–Trinajstić information content (AvgIpc) is 3.66. The highest BCUT2D eigenvalue weighted by atomic mass is 19.2. The van der Waals surface area contributed by atoms with Crippen LogP contribution in [-0.4, -0.2) is 58.8 Å². The Balaban J connectivity index is 0.000000962. The lowest BCUT2D eigenvalue weighted by molar-refractivity contribution is -0.0223.